The molecule has 0 aliphatic rings. The average molecular weight is 380 g/mol. The normalized spacial score (nSPS) is 10.8. The SMILES string of the molecule is CC[Si](C)(C)O.CC[Si](C)(C)O.CC[Si](C)(C)O.[O-2].[V+2]. The van der Waals surface area contributed by atoms with Gasteiger partial charge in [-0.1, -0.05) is 20.8 Å². The van der Waals surface area contributed by atoms with E-state index in [1.165, 1.54) is 0 Å². The van der Waals surface area contributed by atoms with E-state index < -0.39 is 25.0 Å². The molecule has 125 valence electrons. The van der Waals surface area contributed by atoms with Gasteiger partial charge in [0.2, 0.25) is 0 Å². The summed E-state index contributed by atoms with van der Waals surface area (Å²) in [6.07, 6.45) is 0. The van der Waals surface area contributed by atoms with Gasteiger partial charge in [0.25, 0.3) is 0 Å². The molecule has 0 heterocycles. The van der Waals surface area contributed by atoms with Crippen molar-refractivity contribution in [3.8, 4) is 0 Å². The van der Waals surface area contributed by atoms with Crippen molar-refractivity contribution in [2.75, 3.05) is 0 Å². The summed E-state index contributed by atoms with van der Waals surface area (Å²) >= 11 is 0. The van der Waals surface area contributed by atoms with Crippen LogP contribution in [0, 0.1) is 0 Å². The van der Waals surface area contributed by atoms with Gasteiger partial charge in [0.1, 0.15) is 0 Å². The quantitative estimate of drug-likeness (QED) is 0.656. The maximum atomic E-state index is 8.97. The van der Waals surface area contributed by atoms with Crippen molar-refractivity contribution >= 4 is 25.0 Å². The average Bonchev–Trinajstić information content (AvgIpc) is 2.16. The molecular weight excluding hydrogens is 343 g/mol. The molecule has 1 radical (unpaired) electrons. The molecule has 0 amide bonds. The van der Waals surface area contributed by atoms with Crippen LogP contribution in [0.2, 0.25) is 57.4 Å². The zero-order valence-electron chi connectivity index (χ0n) is 14.8. The fraction of sp³-hybridized carbons (Fsp3) is 1.00. The van der Waals surface area contributed by atoms with Crippen molar-refractivity contribution < 1.29 is 38.4 Å². The molecule has 8 heteroatoms. The Morgan fingerprint density at radius 1 is 0.550 bits per heavy atom. The Hall–Kier alpha value is 1.08. The predicted molar refractivity (Wildman–Crippen MR) is 91.2 cm³/mol. The number of hydrogen-bond acceptors (Lipinski definition) is 3. The maximum absolute atomic E-state index is 8.97. The third kappa shape index (κ3) is 61.4. The molecule has 0 bridgehead atoms. The van der Waals surface area contributed by atoms with E-state index in [1.807, 2.05) is 60.1 Å². The summed E-state index contributed by atoms with van der Waals surface area (Å²) in [6, 6.07) is 2.90. The van der Waals surface area contributed by atoms with Gasteiger partial charge in [-0.25, -0.2) is 0 Å². The summed E-state index contributed by atoms with van der Waals surface area (Å²) in [5.74, 6) is 0. The molecule has 0 aromatic carbocycles. The molecule has 0 aliphatic heterocycles. The van der Waals surface area contributed by atoms with E-state index in [4.69, 9.17) is 14.4 Å². The minimum absolute atomic E-state index is 0. The molecule has 0 unspecified atom stereocenters. The second-order valence-corrected chi connectivity index (χ2v) is 19.5. The van der Waals surface area contributed by atoms with E-state index in [0.29, 0.717) is 0 Å². The molecule has 0 aromatic heterocycles. The van der Waals surface area contributed by atoms with Crippen molar-refractivity contribution in [1.82, 2.24) is 0 Å². The Bertz CT molecular complexity index is 153. The Labute approximate surface area is 141 Å². The van der Waals surface area contributed by atoms with E-state index in [2.05, 4.69) is 0 Å². The van der Waals surface area contributed by atoms with Gasteiger partial charge in [-0.3, -0.25) is 0 Å². The van der Waals surface area contributed by atoms with Crippen molar-refractivity contribution in [3.63, 3.8) is 0 Å². The van der Waals surface area contributed by atoms with E-state index >= 15 is 0 Å². The van der Waals surface area contributed by atoms with Crippen molar-refractivity contribution in [1.29, 1.82) is 0 Å². The van der Waals surface area contributed by atoms with Crippen LogP contribution in [-0.4, -0.2) is 39.3 Å². The number of rotatable bonds is 3. The van der Waals surface area contributed by atoms with Crippen LogP contribution in [0.1, 0.15) is 20.8 Å². The summed E-state index contributed by atoms with van der Waals surface area (Å²) in [6.45, 7) is 17.7. The zero-order chi connectivity index (χ0) is 15.6. The smallest absolute Gasteiger partial charge is 2.00 e. The molecule has 0 aromatic rings. The van der Waals surface area contributed by atoms with Gasteiger partial charge >= 0.3 is 18.6 Å². The first kappa shape index (κ1) is 32.9. The summed E-state index contributed by atoms with van der Waals surface area (Å²) in [7, 11) is -4.89. The summed E-state index contributed by atoms with van der Waals surface area (Å²) in [5, 5.41) is 0. The van der Waals surface area contributed by atoms with Crippen LogP contribution in [-0.2, 0) is 24.0 Å². The zero-order valence-corrected chi connectivity index (χ0v) is 19.2. The van der Waals surface area contributed by atoms with E-state index in [-0.39, 0.29) is 24.0 Å². The fourth-order valence-corrected chi connectivity index (χ4v) is 0. The third-order valence-electron chi connectivity index (χ3n) is 2.60. The first-order valence-electron chi connectivity index (χ1n) is 6.85. The van der Waals surface area contributed by atoms with Crippen LogP contribution in [0.25, 0.3) is 0 Å². The molecular formula is C12H36O4Si3V. The number of hydrogen-bond donors (Lipinski definition) is 3. The van der Waals surface area contributed by atoms with Gasteiger partial charge in [0.05, 0.1) is 0 Å². The van der Waals surface area contributed by atoms with Gasteiger partial charge < -0.3 is 19.9 Å². The first-order chi connectivity index (χ1) is 7.68. The summed E-state index contributed by atoms with van der Waals surface area (Å²) in [4.78, 5) is 26.9. The van der Waals surface area contributed by atoms with Gasteiger partial charge in [0.15, 0.2) is 25.0 Å². The van der Waals surface area contributed by atoms with Gasteiger partial charge in [-0.05, 0) is 57.4 Å². The molecule has 0 saturated carbocycles. The van der Waals surface area contributed by atoms with E-state index in [1.54, 1.807) is 0 Å². The molecule has 0 spiro atoms. The van der Waals surface area contributed by atoms with Crippen LogP contribution in [0.4, 0.5) is 0 Å². The van der Waals surface area contributed by atoms with Crippen LogP contribution in [0.15, 0.2) is 0 Å². The standard InChI is InChI=1S/3C4H12OSi.O.V/c3*1-4-6(2,3)5;;/h3*5H,4H2,1-3H3;;/q;;;-2;+2. The van der Waals surface area contributed by atoms with Gasteiger partial charge in [-0.15, -0.1) is 0 Å². The predicted octanol–water partition coefficient (Wildman–Crippen LogP) is 3.49. The first-order valence-corrected chi connectivity index (χ1v) is 16.3. The summed E-state index contributed by atoms with van der Waals surface area (Å²) < 4.78 is 0. The molecule has 0 rings (SSSR count). The monoisotopic (exact) mass is 379 g/mol. The molecule has 4 nitrogen and oxygen atoms in total. The van der Waals surface area contributed by atoms with Crippen LogP contribution >= 0.6 is 0 Å². The van der Waals surface area contributed by atoms with Crippen molar-refractivity contribution in [2.45, 2.75) is 78.2 Å². The minimum atomic E-state index is -1.63. The summed E-state index contributed by atoms with van der Waals surface area (Å²) in [5.41, 5.74) is 0. The second kappa shape index (κ2) is 15.0. The Kier molecular flexibility index (Phi) is 24.6. The van der Waals surface area contributed by atoms with Gasteiger partial charge in [0, 0.05) is 0 Å². The molecule has 20 heavy (non-hydrogen) atoms. The van der Waals surface area contributed by atoms with Crippen molar-refractivity contribution in [2.24, 2.45) is 0 Å². The molecule has 0 atom stereocenters. The second-order valence-electron chi connectivity index (χ2n) is 6.50. The third-order valence-corrected chi connectivity index (χ3v) is 7.79. The Morgan fingerprint density at radius 3 is 0.600 bits per heavy atom. The largest absolute Gasteiger partial charge is 2.00 e. The Morgan fingerprint density at radius 2 is 0.600 bits per heavy atom. The van der Waals surface area contributed by atoms with Crippen LogP contribution < -0.4 is 0 Å². The topological polar surface area (TPSA) is 89.2 Å². The fourth-order valence-electron chi connectivity index (χ4n) is 0. The van der Waals surface area contributed by atoms with E-state index in [9.17, 15) is 0 Å². The molecule has 0 fully saturated rings. The van der Waals surface area contributed by atoms with Gasteiger partial charge in [-0.2, -0.15) is 0 Å². The van der Waals surface area contributed by atoms with Crippen LogP contribution in [0.5, 0.6) is 0 Å². The van der Waals surface area contributed by atoms with Crippen LogP contribution in [0.3, 0.4) is 0 Å². The molecule has 0 aliphatic carbocycles. The molecule has 0 saturated heterocycles. The maximum Gasteiger partial charge on any atom is 2.00 e. The van der Waals surface area contributed by atoms with Crippen molar-refractivity contribution in [3.05, 3.63) is 0 Å². The minimum Gasteiger partial charge on any atom is -2.00 e. The molecule has 3 N–H and O–H groups in total. The Balaban J connectivity index is -0.0000000536. The van der Waals surface area contributed by atoms with E-state index in [0.717, 1.165) is 18.1 Å².